The van der Waals surface area contributed by atoms with E-state index >= 15 is 0 Å². The summed E-state index contributed by atoms with van der Waals surface area (Å²) < 4.78 is 5.77. The monoisotopic (exact) mass is 347 g/mol. The average Bonchev–Trinajstić information content (AvgIpc) is 2.68. The summed E-state index contributed by atoms with van der Waals surface area (Å²) in [5, 5.41) is 12.4. The Labute approximate surface area is 153 Å². The first-order valence-electron chi connectivity index (χ1n) is 8.48. The molecule has 132 valence electrons. The zero-order chi connectivity index (χ0) is 18.4. The van der Waals surface area contributed by atoms with Gasteiger partial charge in [-0.15, -0.1) is 0 Å². The van der Waals surface area contributed by atoms with Gasteiger partial charge in [0, 0.05) is 11.3 Å². The molecule has 0 saturated heterocycles. The number of benzene rings is 3. The van der Waals surface area contributed by atoms with Crippen LogP contribution < -0.4 is 10.1 Å². The Morgan fingerprint density at radius 1 is 1.00 bits per heavy atom. The maximum absolute atomic E-state index is 12.4. The lowest BCUT2D eigenvalue weighted by Gasteiger charge is -2.10. The second-order valence-corrected chi connectivity index (χ2v) is 6.05. The number of hydrogen-bond acceptors (Lipinski definition) is 3. The van der Waals surface area contributed by atoms with Crippen LogP contribution in [0.25, 0.3) is 0 Å². The van der Waals surface area contributed by atoms with Crippen molar-refractivity contribution in [3.05, 3.63) is 95.6 Å². The van der Waals surface area contributed by atoms with Gasteiger partial charge in [-0.2, -0.15) is 0 Å². The predicted molar refractivity (Wildman–Crippen MR) is 102 cm³/mol. The fraction of sp³-hybridized carbons (Fsp3) is 0.136. The smallest absolute Gasteiger partial charge is 0.255 e. The fourth-order valence-electron chi connectivity index (χ4n) is 2.52. The van der Waals surface area contributed by atoms with Crippen molar-refractivity contribution in [2.45, 2.75) is 19.6 Å². The van der Waals surface area contributed by atoms with Crippen LogP contribution in [0.15, 0.2) is 78.9 Å². The summed E-state index contributed by atoms with van der Waals surface area (Å²) in [5.41, 5.74) is 3.07. The second kappa shape index (κ2) is 8.32. The molecule has 26 heavy (non-hydrogen) atoms. The first-order valence-corrected chi connectivity index (χ1v) is 8.48. The molecule has 1 amide bonds. The summed E-state index contributed by atoms with van der Waals surface area (Å²) in [4.78, 5) is 12.4. The Morgan fingerprint density at radius 3 is 2.42 bits per heavy atom. The number of anilines is 1. The normalized spacial score (nSPS) is 11.6. The Morgan fingerprint density at radius 2 is 1.73 bits per heavy atom. The van der Waals surface area contributed by atoms with Crippen LogP contribution in [0, 0.1) is 0 Å². The molecule has 3 aromatic carbocycles. The summed E-state index contributed by atoms with van der Waals surface area (Å²) >= 11 is 0. The number of ether oxygens (including phenoxy) is 1. The van der Waals surface area contributed by atoms with Crippen molar-refractivity contribution in [2.75, 3.05) is 5.32 Å². The Kier molecular flexibility index (Phi) is 5.66. The molecule has 0 aromatic heterocycles. The SMILES string of the molecule is CC(O)c1ccc(NC(=O)c2cccc(OCc3ccccc3)c2)cc1. The number of hydrogen-bond donors (Lipinski definition) is 2. The summed E-state index contributed by atoms with van der Waals surface area (Å²) in [7, 11) is 0. The molecule has 0 bridgehead atoms. The molecule has 0 fully saturated rings. The molecule has 0 spiro atoms. The highest BCUT2D eigenvalue weighted by atomic mass is 16.5. The quantitative estimate of drug-likeness (QED) is 0.687. The molecule has 0 radical (unpaired) electrons. The van der Waals surface area contributed by atoms with Gasteiger partial charge in [-0.05, 0) is 48.4 Å². The minimum atomic E-state index is -0.529. The van der Waals surface area contributed by atoms with Gasteiger partial charge < -0.3 is 15.2 Å². The van der Waals surface area contributed by atoms with Crippen LogP contribution >= 0.6 is 0 Å². The van der Waals surface area contributed by atoms with Crippen molar-refractivity contribution >= 4 is 11.6 Å². The van der Waals surface area contributed by atoms with E-state index in [9.17, 15) is 9.90 Å². The lowest BCUT2D eigenvalue weighted by molar-refractivity contribution is 0.102. The lowest BCUT2D eigenvalue weighted by Crippen LogP contribution is -2.12. The molecule has 1 atom stereocenters. The van der Waals surface area contributed by atoms with Gasteiger partial charge in [0.2, 0.25) is 0 Å². The minimum Gasteiger partial charge on any atom is -0.489 e. The summed E-state index contributed by atoms with van der Waals surface area (Å²) in [6.45, 7) is 2.15. The van der Waals surface area contributed by atoms with Crippen LogP contribution in [0.3, 0.4) is 0 Å². The highest BCUT2D eigenvalue weighted by molar-refractivity contribution is 6.04. The molecule has 0 heterocycles. The summed E-state index contributed by atoms with van der Waals surface area (Å²) in [5.74, 6) is 0.436. The number of rotatable bonds is 6. The average molecular weight is 347 g/mol. The lowest BCUT2D eigenvalue weighted by atomic mass is 10.1. The molecule has 4 nitrogen and oxygen atoms in total. The molecular weight excluding hydrogens is 326 g/mol. The fourth-order valence-corrected chi connectivity index (χ4v) is 2.52. The maximum atomic E-state index is 12.4. The molecule has 2 N–H and O–H groups in total. The van der Waals surface area contributed by atoms with Gasteiger partial charge in [0.05, 0.1) is 6.10 Å². The van der Waals surface area contributed by atoms with E-state index in [-0.39, 0.29) is 5.91 Å². The van der Waals surface area contributed by atoms with Crippen molar-refractivity contribution in [3.63, 3.8) is 0 Å². The molecular formula is C22H21NO3. The van der Waals surface area contributed by atoms with Crippen LogP contribution in [0.1, 0.15) is 34.5 Å². The van der Waals surface area contributed by atoms with Crippen molar-refractivity contribution in [3.8, 4) is 5.75 Å². The topological polar surface area (TPSA) is 58.6 Å². The van der Waals surface area contributed by atoms with Crippen LogP contribution in [-0.4, -0.2) is 11.0 Å². The molecule has 3 rings (SSSR count). The van der Waals surface area contributed by atoms with Gasteiger partial charge in [-0.1, -0.05) is 48.5 Å². The molecule has 0 aliphatic rings. The predicted octanol–water partition coefficient (Wildman–Crippen LogP) is 4.57. The van der Waals surface area contributed by atoms with E-state index in [0.717, 1.165) is 11.1 Å². The van der Waals surface area contributed by atoms with E-state index in [1.807, 2.05) is 36.4 Å². The van der Waals surface area contributed by atoms with Gasteiger partial charge in [0.25, 0.3) is 5.91 Å². The Bertz CT molecular complexity index is 858. The number of aliphatic hydroxyl groups excluding tert-OH is 1. The standard InChI is InChI=1S/C22H21NO3/c1-16(24)18-10-12-20(13-11-18)23-22(25)19-8-5-9-21(14-19)26-15-17-6-3-2-4-7-17/h2-14,16,24H,15H2,1H3,(H,23,25). The van der Waals surface area contributed by atoms with Crippen molar-refractivity contribution < 1.29 is 14.6 Å². The third-order valence-electron chi connectivity index (χ3n) is 4.00. The third-order valence-corrected chi connectivity index (χ3v) is 4.00. The van der Waals surface area contributed by atoms with Gasteiger partial charge in [0.15, 0.2) is 0 Å². The van der Waals surface area contributed by atoms with E-state index in [1.54, 1.807) is 49.4 Å². The molecule has 0 aliphatic carbocycles. The number of carbonyl (C=O) groups excluding carboxylic acids is 1. The number of nitrogens with one attached hydrogen (secondary N) is 1. The molecule has 3 aromatic rings. The third kappa shape index (κ3) is 4.71. The van der Waals surface area contributed by atoms with Crippen LogP contribution in [0.4, 0.5) is 5.69 Å². The number of amides is 1. The van der Waals surface area contributed by atoms with E-state index in [4.69, 9.17) is 4.74 Å². The highest BCUT2D eigenvalue weighted by Gasteiger charge is 2.08. The van der Waals surface area contributed by atoms with Gasteiger partial charge in [-0.25, -0.2) is 0 Å². The Hall–Kier alpha value is -3.11. The van der Waals surface area contributed by atoms with Crippen LogP contribution in [-0.2, 0) is 6.61 Å². The second-order valence-electron chi connectivity index (χ2n) is 6.05. The molecule has 0 aliphatic heterocycles. The van der Waals surface area contributed by atoms with Crippen molar-refractivity contribution in [1.29, 1.82) is 0 Å². The van der Waals surface area contributed by atoms with Gasteiger partial charge in [0.1, 0.15) is 12.4 Å². The van der Waals surface area contributed by atoms with Gasteiger partial charge in [-0.3, -0.25) is 4.79 Å². The first-order chi connectivity index (χ1) is 12.6. The zero-order valence-corrected chi connectivity index (χ0v) is 14.6. The van der Waals surface area contributed by atoms with Crippen LogP contribution in [0.2, 0.25) is 0 Å². The molecule has 0 saturated carbocycles. The van der Waals surface area contributed by atoms with E-state index < -0.39 is 6.10 Å². The highest BCUT2D eigenvalue weighted by Crippen LogP contribution is 2.19. The van der Waals surface area contributed by atoms with E-state index in [1.165, 1.54) is 0 Å². The summed E-state index contributed by atoms with van der Waals surface area (Å²) in [6.07, 6.45) is -0.529. The first kappa shape index (κ1) is 17.7. The minimum absolute atomic E-state index is 0.208. The molecule has 4 heteroatoms. The zero-order valence-electron chi connectivity index (χ0n) is 14.6. The van der Waals surface area contributed by atoms with E-state index in [0.29, 0.717) is 23.6 Å². The summed E-state index contributed by atoms with van der Waals surface area (Å²) in [6, 6.07) is 24.1. The largest absolute Gasteiger partial charge is 0.489 e. The number of carbonyl (C=O) groups is 1. The molecule has 1 unspecified atom stereocenters. The van der Waals surface area contributed by atoms with Gasteiger partial charge >= 0.3 is 0 Å². The Balaban J connectivity index is 1.64. The van der Waals surface area contributed by atoms with Crippen LogP contribution in [0.5, 0.6) is 5.75 Å². The maximum Gasteiger partial charge on any atom is 0.255 e. The number of aliphatic hydroxyl groups is 1. The van der Waals surface area contributed by atoms with E-state index in [2.05, 4.69) is 5.32 Å². The van der Waals surface area contributed by atoms with Crippen molar-refractivity contribution in [1.82, 2.24) is 0 Å². The van der Waals surface area contributed by atoms with Crippen molar-refractivity contribution in [2.24, 2.45) is 0 Å².